The fourth-order valence-corrected chi connectivity index (χ4v) is 0.518. The van der Waals surface area contributed by atoms with Gasteiger partial charge in [0.2, 0.25) is 0 Å². The third-order valence-electron chi connectivity index (χ3n) is 1.44. The molecule has 1 atom stereocenters. The minimum Gasteiger partial charge on any atom is -0.457 e. The molecule has 0 spiro atoms. The lowest BCUT2D eigenvalue weighted by atomic mass is 10.0. The number of esters is 1. The highest BCUT2D eigenvalue weighted by molar-refractivity contribution is 6.05. The van der Waals surface area contributed by atoms with E-state index in [9.17, 15) is 14.0 Å². The van der Waals surface area contributed by atoms with Gasteiger partial charge in [-0.3, -0.25) is 4.79 Å². The van der Waals surface area contributed by atoms with Crippen LogP contribution in [0, 0.1) is 0 Å². The number of rotatable bonds is 2. The molecule has 1 unspecified atom stereocenters. The van der Waals surface area contributed by atoms with Crippen molar-refractivity contribution < 1.29 is 18.7 Å². The third-order valence-corrected chi connectivity index (χ3v) is 1.44. The zero-order valence-corrected chi connectivity index (χ0v) is 8.60. The van der Waals surface area contributed by atoms with Gasteiger partial charge in [-0.2, -0.15) is 0 Å². The normalized spacial score (nSPS) is 16.2. The standard InChI is InChI=1S/C9H15FO3/c1-6(11)9(5,10)7(12)13-8(2,3)4/h1-5H3. The second-order valence-corrected chi connectivity index (χ2v) is 4.06. The average Bonchev–Trinajstić information content (AvgIpc) is 1.82. The van der Waals surface area contributed by atoms with Crippen LogP contribution in [0.25, 0.3) is 0 Å². The van der Waals surface area contributed by atoms with Gasteiger partial charge in [-0.25, -0.2) is 9.18 Å². The predicted molar refractivity (Wildman–Crippen MR) is 46.0 cm³/mol. The molecule has 0 saturated heterocycles. The van der Waals surface area contributed by atoms with Gasteiger partial charge in [0, 0.05) is 0 Å². The number of ketones is 1. The molecule has 76 valence electrons. The number of alkyl halides is 1. The number of carbonyl (C=O) groups is 2. The van der Waals surface area contributed by atoms with Crippen molar-refractivity contribution in [1.82, 2.24) is 0 Å². The maximum Gasteiger partial charge on any atom is 0.351 e. The summed E-state index contributed by atoms with van der Waals surface area (Å²) in [6.45, 7) is 6.76. The van der Waals surface area contributed by atoms with Crippen molar-refractivity contribution in [2.45, 2.75) is 45.9 Å². The van der Waals surface area contributed by atoms with Crippen LogP contribution < -0.4 is 0 Å². The van der Waals surface area contributed by atoms with E-state index < -0.39 is 23.0 Å². The summed E-state index contributed by atoms with van der Waals surface area (Å²) in [6, 6.07) is 0. The largest absolute Gasteiger partial charge is 0.457 e. The predicted octanol–water partition coefficient (Wildman–Crippen LogP) is 1.65. The number of hydrogen-bond acceptors (Lipinski definition) is 3. The lowest BCUT2D eigenvalue weighted by Crippen LogP contribution is -2.42. The summed E-state index contributed by atoms with van der Waals surface area (Å²) in [6.07, 6.45) is 0. The Bertz CT molecular complexity index is 226. The summed E-state index contributed by atoms with van der Waals surface area (Å²) in [7, 11) is 0. The van der Waals surface area contributed by atoms with Gasteiger partial charge >= 0.3 is 5.97 Å². The van der Waals surface area contributed by atoms with Crippen LogP contribution in [0.3, 0.4) is 0 Å². The van der Waals surface area contributed by atoms with Crippen LogP contribution >= 0.6 is 0 Å². The van der Waals surface area contributed by atoms with Crippen molar-refractivity contribution in [3.05, 3.63) is 0 Å². The Morgan fingerprint density at radius 3 is 1.77 bits per heavy atom. The fourth-order valence-electron chi connectivity index (χ4n) is 0.518. The molecule has 13 heavy (non-hydrogen) atoms. The van der Waals surface area contributed by atoms with Gasteiger partial charge in [-0.05, 0) is 34.6 Å². The van der Waals surface area contributed by atoms with E-state index in [2.05, 4.69) is 0 Å². The Morgan fingerprint density at radius 2 is 1.54 bits per heavy atom. The van der Waals surface area contributed by atoms with Gasteiger partial charge in [-0.15, -0.1) is 0 Å². The smallest absolute Gasteiger partial charge is 0.351 e. The minimum absolute atomic E-state index is 0.778. The number of hydrogen-bond donors (Lipinski definition) is 0. The van der Waals surface area contributed by atoms with E-state index >= 15 is 0 Å². The molecule has 0 aliphatic heterocycles. The monoisotopic (exact) mass is 190 g/mol. The first-order valence-corrected chi connectivity index (χ1v) is 4.01. The second-order valence-electron chi connectivity index (χ2n) is 4.06. The van der Waals surface area contributed by atoms with Crippen LogP contribution in [0.5, 0.6) is 0 Å². The Labute approximate surface area is 77.3 Å². The Hall–Kier alpha value is -0.930. The zero-order valence-electron chi connectivity index (χ0n) is 8.60. The molecule has 0 aromatic heterocycles. The molecule has 0 aliphatic rings. The van der Waals surface area contributed by atoms with Gasteiger partial charge in [0.25, 0.3) is 5.67 Å². The first-order valence-electron chi connectivity index (χ1n) is 4.01. The van der Waals surface area contributed by atoms with Crippen LogP contribution in [0.2, 0.25) is 0 Å². The molecule has 0 rings (SSSR count). The highest BCUT2D eigenvalue weighted by atomic mass is 19.1. The Morgan fingerprint density at radius 1 is 1.15 bits per heavy atom. The van der Waals surface area contributed by atoms with E-state index in [0.29, 0.717) is 0 Å². The van der Waals surface area contributed by atoms with Crippen molar-refractivity contribution in [3.8, 4) is 0 Å². The maximum atomic E-state index is 13.3. The molecule has 4 heteroatoms. The molecular formula is C9H15FO3. The molecule has 0 aromatic rings. The second kappa shape index (κ2) is 3.44. The van der Waals surface area contributed by atoms with E-state index in [-0.39, 0.29) is 0 Å². The van der Waals surface area contributed by atoms with Crippen LogP contribution in [-0.4, -0.2) is 23.0 Å². The molecular weight excluding hydrogens is 175 g/mol. The highest BCUT2D eigenvalue weighted by Crippen LogP contribution is 2.18. The lowest BCUT2D eigenvalue weighted by molar-refractivity contribution is -0.170. The van der Waals surface area contributed by atoms with Crippen LogP contribution in [0.15, 0.2) is 0 Å². The Balaban J connectivity index is 4.53. The summed E-state index contributed by atoms with van der Waals surface area (Å²) in [5.41, 5.74) is -3.31. The summed E-state index contributed by atoms with van der Waals surface area (Å²) >= 11 is 0. The quantitative estimate of drug-likeness (QED) is 0.491. The molecule has 0 aliphatic carbocycles. The molecule has 0 aromatic carbocycles. The highest BCUT2D eigenvalue weighted by Gasteiger charge is 2.41. The SMILES string of the molecule is CC(=O)C(C)(F)C(=O)OC(C)(C)C. The zero-order chi connectivity index (χ0) is 10.9. The Kier molecular flexibility index (Phi) is 3.19. The summed E-state index contributed by atoms with van der Waals surface area (Å²) in [5.74, 6) is -1.98. The molecule has 0 heterocycles. The van der Waals surface area contributed by atoms with E-state index in [1.54, 1.807) is 20.8 Å². The molecule has 0 N–H and O–H groups in total. The number of halogens is 1. The van der Waals surface area contributed by atoms with Crippen molar-refractivity contribution >= 4 is 11.8 Å². The van der Waals surface area contributed by atoms with Crippen LogP contribution in [0.1, 0.15) is 34.6 Å². The van der Waals surface area contributed by atoms with Crippen LogP contribution in [0.4, 0.5) is 4.39 Å². The third kappa shape index (κ3) is 3.53. The molecule has 0 saturated carbocycles. The molecule has 0 amide bonds. The van der Waals surface area contributed by atoms with Gasteiger partial charge in [-0.1, -0.05) is 0 Å². The molecule has 3 nitrogen and oxygen atoms in total. The van der Waals surface area contributed by atoms with Crippen LogP contribution in [-0.2, 0) is 14.3 Å². The first-order chi connectivity index (χ1) is 5.57. The van der Waals surface area contributed by atoms with E-state index in [4.69, 9.17) is 4.74 Å². The first kappa shape index (κ1) is 12.1. The van der Waals surface area contributed by atoms with Gasteiger partial charge in [0.15, 0.2) is 5.78 Å². The van der Waals surface area contributed by atoms with Gasteiger partial charge in [0.1, 0.15) is 5.60 Å². The maximum absolute atomic E-state index is 13.3. The molecule has 0 radical (unpaired) electrons. The topological polar surface area (TPSA) is 43.4 Å². The fraction of sp³-hybridized carbons (Fsp3) is 0.778. The summed E-state index contributed by atoms with van der Waals surface area (Å²) in [5, 5.41) is 0. The number of carbonyl (C=O) groups excluding carboxylic acids is 2. The van der Waals surface area contributed by atoms with E-state index in [0.717, 1.165) is 13.8 Å². The van der Waals surface area contributed by atoms with Crippen molar-refractivity contribution in [2.24, 2.45) is 0 Å². The molecule has 0 fully saturated rings. The van der Waals surface area contributed by atoms with Gasteiger partial charge in [0.05, 0.1) is 0 Å². The van der Waals surface area contributed by atoms with Crippen molar-refractivity contribution in [3.63, 3.8) is 0 Å². The average molecular weight is 190 g/mol. The minimum atomic E-state index is -2.53. The number of Topliss-reactive ketones (excluding diaryl/α,β-unsaturated/α-hetero) is 1. The van der Waals surface area contributed by atoms with Crippen molar-refractivity contribution in [2.75, 3.05) is 0 Å². The van der Waals surface area contributed by atoms with E-state index in [1.165, 1.54) is 0 Å². The lowest BCUT2D eigenvalue weighted by Gasteiger charge is -2.24. The van der Waals surface area contributed by atoms with Gasteiger partial charge < -0.3 is 4.74 Å². The molecule has 0 bridgehead atoms. The van der Waals surface area contributed by atoms with Crippen molar-refractivity contribution in [1.29, 1.82) is 0 Å². The van der Waals surface area contributed by atoms with E-state index in [1.807, 2.05) is 0 Å². The summed E-state index contributed by atoms with van der Waals surface area (Å²) < 4.78 is 18.0. The number of ether oxygens (including phenoxy) is 1. The summed E-state index contributed by atoms with van der Waals surface area (Å²) in [4.78, 5) is 21.8.